The summed E-state index contributed by atoms with van der Waals surface area (Å²) in [6.07, 6.45) is -2.86. The molecule has 0 aliphatic carbocycles. The summed E-state index contributed by atoms with van der Waals surface area (Å²) in [6, 6.07) is 0. The van der Waals surface area contributed by atoms with Gasteiger partial charge < -0.3 is 15.0 Å². The van der Waals surface area contributed by atoms with Gasteiger partial charge in [-0.1, -0.05) is 0 Å². The predicted molar refractivity (Wildman–Crippen MR) is 43.8 cm³/mol. The summed E-state index contributed by atoms with van der Waals surface area (Å²) in [6.45, 7) is 2.36. The largest absolute Gasteiger partial charge is 0.390 e. The first kappa shape index (κ1) is 12.0. The monoisotopic (exact) mass is 191 g/mol. The molecule has 0 fully saturated rings. The van der Waals surface area contributed by atoms with Crippen LogP contribution in [0, 0.1) is 10.1 Å². The van der Waals surface area contributed by atoms with E-state index in [2.05, 4.69) is 0 Å². The van der Waals surface area contributed by atoms with Crippen molar-refractivity contribution in [3.8, 4) is 0 Å². The fourth-order valence-electron chi connectivity index (χ4n) is 0.992. The SMILES string of the molecule is C[C@H](O)[C@H](O)[C@@](C)(CC=O)[N+](=O)[O-]. The van der Waals surface area contributed by atoms with E-state index in [4.69, 9.17) is 5.11 Å². The number of rotatable bonds is 5. The highest BCUT2D eigenvalue weighted by Gasteiger charge is 2.47. The maximum absolute atomic E-state index is 10.5. The van der Waals surface area contributed by atoms with Crippen LogP contribution in [-0.4, -0.2) is 39.2 Å². The predicted octanol–water partition coefficient (Wildman–Crippen LogP) is -0.648. The van der Waals surface area contributed by atoms with Gasteiger partial charge in [0.1, 0.15) is 12.4 Å². The van der Waals surface area contributed by atoms with Crippen LogP contribution in [0.1, 0.15) is 20.3 Å². The van der Waals surface area contributed by atoms with Gasteiger partial charge in [0, 0.05) is 11.8 Å². The van der Waals surface area contributed by atoms with Crippen LogP contribution in [0.25, 0.3) is 0 Å². The lowest BCUT2D eigenvalue weighted by atomic mass is 9.89. The topological polar surface area (TPSA) is 101 Å². The molecule has 76 valence electrons. The number of hydrogen-bond acceptors (Lipinski definition) is 5. The zero-order chi connectivity index (χ0) is 10.6. The molecule has 0 rings (SSSR count). The summed E-state index contributed by atoms with van der Waals surface area (Å²) in [4.78, 5) is 19.9. The number of aliphatic hydroxyl groups is 2. The molecule has 0 saturated carbocycles. The average Bonchev–Trinajstić information content (AvgIpc) is 2.02. The Bertz CT molecular complexity index is 205. The van der Waals surface area contributed by atoms with Crippen LogP contribution in [0.3, 0.4) is 0 Å². The van der Waals surface area contributed by atoms with E-state index < -0.39 is 29.1 Å². The summed E-state index contributed by atoms with van der Waals surface area (Å²) in [5, 5.41) is 28.8. The van der Waals surface area contributed by atoms with Gasteiger partial charge in [-0.25, -0.2) is 0 Å². The second kappa shape index (κ2) is 4.29. The van der Waals surface area contributed by atoms with E-state index in [1.165, 1.54) is 6.92 Å². The normalized spacial score (nSPS) is 20.0. The first-order chi connectivity index (χ1) is 5.86. The fourth-order valence-corrected chi connectivity index (χ4v) is 0.992. The van der Waals surface area contributed by atoms with Gasteiger partial charge in [0.2, 0.25) is 0 Å². The van der Waals surface area contributed by atoms with Gasteiger partial charge in [-0.2, -0.15) is 0 Å². The summed E-state index contributed by atoms with van der Waals surface area (Å²) in [5.41, 5.74) is -1.81. The van der Waals surface area contributed by atoms with Crippen molar-refractivity contribution in [2.45, 2.75) is 38.0 Å². The lowest BCUT2D eigenvalue weighted by Gasteiger charge is -2.26. The third-order valence-corrected chi connectivity index (χ3v) is 2.01. The van der Waals surface area contributed by atoms with Crippen LogP contribution in [0.2, 0.25) is 0 Å². The number of carbonyl (C=O) groups is 1. The van der Waals surface area contributed by atoms with E-state index in [-0.39, 0.29) is 0 Å². The van der Waals surface area contributed by atoms with Gasteiger partial charge in [0.25, 0.3) is 5.54 Å². The molecule has 2 N–H and O–H groups in total. The quantitative estimate of drug-likeness (QED) is 0.341. The molecule has 13 heavy (non-hydrogen) atoms. The minimum absolute atomic E-state index is 0.356. The molecule has 0 unspecified atom stereocenters. The van der Waals surface area contributed by atoms with Crippen molar-refractivity contribution in [2.24, 2.45) is 0 Å². The minimum atomic E-state index is -1.81. The molecular weight excluding hydrogens is 178 g/mol. The van der Waals surface area contributed by atoms with E-state index >= 15 is 0 Å². The number of aliphatic hydroxyl groups excluding tert-OH is 2. The van der Waals surface area contributed by atoms with Crippen molar-refractivity contribution in [1.29, 1.82) is 0 Å². The van der Waals surface area contributed by atoms with Crippen LogP contribution in [0.4, 0.5) is 0 Å². The smallest absolute Gasteiger partial charge is 0.253 e. The van der Waals surface area contributed by atoms with Crippen molar-refractivity contribution in [3.63, 3.8) is 0 Å². The van der Waals surface area contributed by atoms with Crippen molar-refractivity contribution in [2.75, 3.05) is 0 Å². The first-order valence-corrected chi connectivity index (χ1v) is 3.80. The maximum atomic E-state index is 10.5. The van der Waals surface area contributed by atoms with Crippen LogP contribution in [0.5, 0.6) is 0 Å². The molecule has 6 nitrogen and oxygen atoms in total. The van der Waals surface area contributed by atoms with Crippen LogP contribution in [0.15, 0.2) is 0 Å². The second-order valence-electron chi connectivity index (χ2n) is 3.17. The van der Waals surface area contributed by atoms with Crippen LogP contribution in [-0.2, 0) is 4.79 Å². The Morgan fingerprint density at radius 1 is 1.62 bits per heavy atom. The molecule has 6 heteroatoms. The molecule has 0 spiro atoms. The van der Waals surface area contributed by atoms with Crippen LogP contribution < -0.4 is 0 Å². The number of aldehydes is 1. The third kappa shape index (κ3) is 2.46. The van der Waals surface area contributed by atoms with E-state index in [0.29, 0.717) is 6.29 Å². The Labute approximate surface area is 75.3 Å². The van der Waals surface area contributed by atoms with Crippen molar-refractivity contribution in [3.05, 3.63) is 10.1 Å². The molecule has 0 heterocycles. The number of carbonyl (C=O) groups excluding carboxylic acids is 1. The lowest BCUT2D eigenvalue weighted by molar-refractivity contribution is -0.579. The summed E-state index contributed by atoms with van der Waals surface area (Å²) in [7, 11) is 0. The van der Waals surface area contributed by atoms with E-state index in [9.17, 15) is 20.0 Å². The molecule has 0 aliphatic heterocycles. The second-order valence-corrected chi connectivity index (χ2v) is 3.17. The highest BCUT2D eigenvalue weighted by Crippen LogP contribution is 2.20. The molecule has 0 radical (unpaired) electrons. The molecular formula is C7H13NO5. The molecule has 0 amide bonds. The molecule has 0 aromatic carbocycles. The summed E-state index contributed by atoms with van der Waals surface area (Å²) in [5.74, 6) is 0. The molecule has 0 aliphatic rings. The van der Waals surface area contributed by atoms with Crippen molar-refractivity contribution in [1.82, 2.24) is 0 Å². The van der Waals surface area contributed by atoms with E-state index in [0.717, 1.165) is 6.92 Å². The number of nitrogens with zero attached hydrogens (tertiary/aromatic N) is 1. The molecule has 0 aromatic rings. The third-order valence-electron chi connectivity index (χ3n) is 2.01. The maximum Gasteiger partial charge on any atom is 0.253 e. The molecule has 0 saturated heterocycles. The first-order valence-electron chi connectivity index (χ1n) is 3.80. The Balaban J connectivity index is 4.77. The van der Waals surface area contributed by atoms with E-state index in [1.807, 2.05) is 0 Å². The Morgan fingerprint density at radius 3 is 2.31 bits per heavy atom. The zero-order valence-electron chi connectivity index (χ0n) is 7.51. The molecule has 0 aromatic heterocycles. The summed E-state index contributed by atoms with van der Waals surface area (Å²) >= 11 is 0. The lowest BCUT2D eigenvalue weighted by Crippen LogP contribution is -2.51. The van der Waals surface area contributed by atoms with Crippen LogP contribution >= 0.6 is 0 Å². The highest BCUT2D eigenvalue weighted by molar-refractivity contribution is 5.51. The van der Waals surface area contributed by atoms with Gasteiger partial charge in [0.15, 0.2) is 0 Å². The number of hydrogen-bond donors (Lipinski definition) is 2. The Morgan fingerprint density at radius 2 is 2.08 bits per heavy atom. The van der Waals surface area contributed by atoms with E-state index in [1.54, 1.807) is 0 Å². The standard InChI is InChI=1S/C7H13NO5/c1-5(10)6(11)7(2,3-4-9)8(12)13/h4-6,10-11H,3H2,1-2H3/t5-,6-,7+/m0/s1. The average molecular weight is 191 g/mol. The fraction of sp³-hybridized carbons (Fsp3) is 0.857. The zero-order valence-corrected chi connectivity index (χ0v) is 7.51. The highest BCUT2D eigenvalue weighted by atomic mass is 16.6. The van der Waals surface area contributed by atoms with Gasteiger partial charge in [-0.05, 0) is 6.92 Å². The van der Waals surface area contributed by atoms with Gasteiger partial charge in [-0.3, -0.25) is 10.1 Å². The van der Waals surface area contributed by atoms with Crippen molar-refractivity contribution < 1.29 is 19.9 Å². The Kier molecular flexibility index (Phi) is 3.96. The van der Waals surface area contributed by atoms with Gasteiger partial charge in [-0.15, -0.1) is 0 Å². The number of nitro groups is 1. The van der Waals surface area contributed by atoms with Crippen molar-refractivity contribution >= 4 is 6.29 Å². The molecule has 0 bridgehead atoms. The van der Waals surface area contributed by atoms with Gasteiger partial charge in [0.05, 0.1) is 12.5 Å². The van der Waals surface area contributed by atoms with Gasteiger partial charge >= 0.3 is 0 Å². The summed E-state index contributed by atoms with van der Waals surface area (Å²) < 4.78 is 0. The minimum Gasteiger partial charge on any atom is -0.390 e. The Hall–Kier alpha value is -1.01. The molecule has 3 atom stereocenters.